The van der Waals surface area contributed by atoms with Crippen LogP contribution in [0.3, 0.4) is 0 Å². The number of rotatable bonds is 5. The quantitative estimate of drug-likeness (QED) is 0.761. The third-order valence-corrected chi connectivity index (χ3v) is 4.52. The summed E-state index contributed by atoms with van der Waals surface area (Å²) in [4.78, 5) is 16.8. The van der Waals surface area contributed by atoms with Crippen molar-refractivity contribution in [1.82, 2.24) is 9.88 Å². The Kier molecular flexibility index (Phi) is 5.74. The summed E-state index contributed by atoms with van der Waals surface area (Å²) in [5, 5.41) is 0. The number of halogens is 5. The molecule has 1 aromatic carbocycles. The number of hydrogen-bond acceptors (Lipinski definition) is 4. The molecule has 3 rings (SSSR count). The Bertz CT molecular complexity index is 933. The highest BCUT2D eigenvalue weighted by molar-refractivity contribution is 5.93. The van der Waals surface area contributed by atoms with E-state index >= 15 is 0 Å². The molecule has 1 aliphatic rings. The van der Waals surface area contributed by atoms with E-state index in [2.05, 4.69) is 4.98 Å². The Morgan fingerprint density at radius 2 is 2.00 bits per heavy atom. The largest absolute Gasteiger partial charge is 0.473 e. The molecule has 0 saturated carbocycles. The predicted molar refractivity (Wildman–Crippen MR) is 94.4 cm³/mol. The predicted octanol–water partition coefficient (Wildman–Crippen LogP) is 3.31. The van der Waals surface area contributed by atoms with Crippen molar-refractivity contribution in [2.45, 2.75) is 25.1 Å². The molecule has 0 spiro atoms. The smallest absolute Gasteiger partial charge is 0.401 e. The van der Waals surface area contributed by atoms with Gasteiger partial charge in [0, 0.05) is 23.7 Å². The number of hydrogen-bond donors (Lipinski definition) is 1. The number of likely N-dealkylation sites (N-methyl/N-ethyl adjacent to an activating group) is 1. The van der Waals surface area contributed by atoms with Crippen LogP contribution in [0.5, 0.6) is 5.88 Å². The number of pyridine rings is 1. The van der Waals surface area contributed by atoms with E-state index in [0.717, 1.165) is 11.0 Å². The Morgan fingerprint density at radius 3 is 2.62 bits per heavy atom. The summed E-state index contributed by atoms with van der Waals surface area (Å²) < 4.78 is 70.9. The number of fused-ring (bicyclic) bond motifs is 1. The molecule has 1 unspecified atom stereocenters. The van der Waals surface area contributed by atoms with E-state index in [9.17, 15) is 26.7 Å². The molecule has 2 N–H and O–H groups in total. The maximum absolute atomic E-state index is 14.3. The van der Waals surface area contributed by atoms with Gasteiger partial charge in [0.05, 0.1) is 6.54 Å². The van der Waals surface area contributed by atoms with Crippen molar-refractivity contribution in [3.05, 3.63) is 47.2 Å². The lowest BCUT2D eigenvalue weighted by atomic mass is 9.93. The lowest BCUT2D eigenvalue weighted by Gasteiger charge is -2.30. The summed E-state index contributed by atoms with van der Waals surface area (Å²) >= 11 is 0. The van der Waals surface area contributed by atoms with Crippen molar-refractivity contribution in [1.29, 1.82) is 0 Å². The zero-order valence-electron chi connectivity index (χ0n) is 15.4. The van der Waals surface area contributed by atoms with E-state index in [1.165, 1.54) is 19.2 Å². The molecule has 1 aromatic heterocycles. The van der Waals surface area contributed by atoms with Crippen LogP contribution in [-0.4, -0.2) is 48.2 Å². The molecule has 1 amide bonds. The van der Waals surface area contributed by atoms with Crippen molar-refractivity contribution in [2.75, 3.05) is 20.1 Å². The van der Waals surface area contributed by atoms with Crippen LogP contribution in [-0.2, 0) is 6.42 Å². The Balaban J connectivity index is 1.93. The highest BCUT2D eigenvalue weighted by Gasteiger charge is 2.32. The summed E-state index contributed by atoms with van der Waals surface area (Å²) in [6, 6.07) is 4.32. The van der Waals surface area contributed by atoms with Crippen molar-refractivity contribution >= 4 is 5.91 Å². The Labute approximate surface area is 163 Å². The first-order valence-corrected chi connectivity index (χ1v) is 8.74. The van der Waals surface area contributed by atoms with Crippen LogP contribution in [0.1, 0.15) is 22.5 Å². The topological polar surface area (TPSA) is 68.5 Å². The minimum absolute atomic E-state index is 0.0108. The zero-order chi connectivity index (χ0) is 21.3. The minimum atomic E-state index is -4.34. The fourth-order valence-corrected chi connectivity index (χ4v) is 3.33. The molecule has 0 radical (unpaired) electrons. The normalized spacial score (nSPS) is 16.4. The number of aromatic nitrogens is 1. The third-order valence-electron chi connectivity index (χ3n) is 4.52. The second-order valence-electron chi connectivity index (χ2n) is 6.92. The maximum atomic E-state index is 14.3. The number of benzene rings is 1. The second kappa shape index (κ2) is 7.94. The van der Waals surface area contributed by atoms with E-state index in [0.29, 0.717) is 24.5 Å². The van der Waals surface area contributed by atoms with Gasteiger partial charge in [-0.15, -0.1) is 0 Å². The van der Waals surface area contributed by atoms with Gasteiger partial charge in [-0.3, -0.25) is 9.69 Å². The highest BCUT2D eigenvalue weighted by atomic mass is 19.4. The molecule has 2 heterocycles. The van der Waals surface area contributed by atoms with Gasteiger partial charge < -0.3 is 10.5 Å². The number of nitrogens with two attached hydrogens (primary N) is 1. The summed E-state index contributed by atoms with van der Waals surface area (Å²) in [5.74, 6) is -2.46. The average Bonchev–Trinajstić information content (AvgIpc) is 2.59. The number of nitrogens with zero attached hydrogens (tertiary/aromatic N) is 2. The van der Waals surface area contributed by atoms with E-state index in [4.69, 9.17) is 10.5 Å². The van der Waals surface area contributed by atoms with Gasteiger partial charge in [-0.05, 0) is 43.7 Å². The molecule has 0 aliphatic carbocycles. The highest BCUT2D eigenvalue weighted by Crippen LogP contribution is 2.36. The van der Waals surface area contributed by atoms with Gasteiger partial charge in [0.1, 0.15) is 23.4 Å². The molecular weight excluding hydrogens is 397 g/mol. The summed E-state index contributed by atoms with van der Waals surface area (Å²) in [6.07, 6.45) is -4.25. The number of amides is 1. The van der Waals surface area contributed by atoms with Crippen LogP contribution in [0.25, 0.3) is 11.1 Å². The van der Waals surface area contributed by atoms with E-state index in [1.54, 1.807) is 0 Å². The van der Waals surface area contributed by atoms with Crippen molar-refractivity contribution < 1.29 is 31.5 Å². The van der Waals surface area contributed by atoms with Crippen LogP contribution in [0.15, 0.2) is 24.3 Å². The monoisotopic (exact) mass is 415 g/mol. The minimum Gasteiger partial charge on any atom is -0.473 e. The van der Waals surface area contributed by atoms with Gasteiger partial charge >= 0.3 is 6.18 Å². The van der Waals surface area contributed by atoms with E-state index < -0.39 is 36.4 Å². The van der Waals surface area contributed by atoms with Crippen LogP contribution < -0.4 is 10.5 Å². The number of carbonyl (C=O) groups is 1. The lowest BCUT2D eigenvalue weighted by Crippen LogP contribution is -2.40. The molecule has 5 nitrogen and oxygen atoms in total. The number of carbonyl (C=O) groups excluding carboxylic acids is 1. The molecule has 0 fully saturated rings. The molecular formula is C19H18F5N3O2. The van der Waals surface area contributed by atoms with Crippen LogP contribution in [0, 0.1) is 11.6 Å². The molecule has 1 aliphatic heterocycles. The Morgan fingerprint density at radius 1 is 1.28 bits per heavy atom. The van der Waals surface area contributed by atoms with Crippen molar-refractivity contribution in [2.24, 2.45) is 5.73 Å². The molecule has 10 heteroatoms. The SMILES string of the molecule is CN(CC1CCc2c(-c3ccc(F)cc3F)cc(C(N)=O)nc2O1)CC(F)(F)F. The van der Waals surface area contributed by atoms with Gasteiger partial charge in [0.2, 0.25) is 5.88 Å². The number of primary amides is 1. The number of ether oxygens (including phenoxy) is 1. The van der Waals surface area contributed by atoms with Gasteiger partial charge in [0.25, 0.3) is 5.91 Å². The second-order valence-corrected chi connectivity index (χ2v) is 6.92. The molecule has 0 saturated heterocycles. The van der Waals surface area contributed by atoms with Gasteiger partial charge in [-0.2, -0.15) is 13.2 Å². The lowest BCUT2D eigenvalue weighted by molar-refractivity contribution is -0.145. The first-order chi connectivity index (χ1) is 13.5. The van der Waals surface area contributed by atoms with Crippen LogP contribution in [0.2, 0.25) is 0 Å². The molecule has 2 aromatic rings. The summed E-state index contributed by atoms with van der Waals surface area (Å²) in [6.45, 7) is -1.11. The van der Waals surface area contributed by atoms with Crippen molar-refractivity contribution in [3.8, 4) is 17.0 Å². The summed E-state index contributed by atoms with van der Waals surface area (Å²) in [7, 11) is 1.32. The van der Waals surface area contributed by atoms with Crippen LogP contribution in [0.4, 0.5) is 22.0 Å². The zero-order valence-corrected chi connectivity index (χ0v) is 15.4. The van der Waals surface area contributed by atoms with Crippen molar-refractivity contribution in [3.63, 3.8) is 0 Å². The van der Waals surface area contributed by atoms with Crippen LogP contribution >= 0.6 is 0 Å². The van der Waals surface area contributed by atoms with Gasteiger partial charge in [-0.1, -0.05) is 0 Å². The molecule has 29 heavy (non-hydrogen) atoms. The molecule has 0 bridgehead atoms. The van der Waals surface area contributed by atoms with E-state index in [-0.39, 0.29) is 29.2 Å². The van der Waals surface area contributed by atoms with Gasteiger partial charge in [0.15, 0.2) is 0 Å². The molecule has 156 valence electrons. The molecule has 1 atom stereocenters. The van der Waals surface area contributed by atoms with E-state index in [1.807, 2.05) is 0 Å². The third kappa shape index (κ3) is 5.00. The average molecular weight is 415 g/mol. The summed E-state index contributed by atoms with van der Waals surface area (Å²) in [5.41, 5.74) is 5.92. The van der Waals surface area contributed by atoms with Gasteiger partial charge in [-0.25, -0.2) is 13.8 Å². The number of alkyl halides is 3. The maximum Gasteiger partial charge on any atom is 0.401 e. The fourth-order valence-electron chi connectivity index (χ4n) is 3.33. The fraction of sp³-hybridized carbons (Fsp3) is 0.368. The first-order valence-electron chi connectivity index (χ1n) is 8.74. The first kappa shape index (κ1) is 21.0. The standard InChI is InChI=1S/C19H18F5N3O2/c1-27(9-19(22,23)24)8-11-3-5-13-14(12-4-2-10(20)6-15(12)21)7-16(17(25)28)26-18(13)29-11/h2,4,6-7,11H,3,5,8-9H2,1H3,(H2,25,28). The Hall–Kier alpha value is -2.75.